The molecule has 3 rings (SSSR count). The van der Waals surface area contributed by atoms with E-state index in [1.165, 1.54) is 30.2 Å². The Hall–Kier alpha value is -4.33. The van der Waals surface area contributed by atoms with Crippen molar-refractivity contribution >= 4 is 17.9 Å². The van der Waals surface area contributed by atoms with E-state index in [0.29, 0.717) is 29.3 Å². The Labute approximate surface area is 385 Å². The first kappa shape index (κ1) is 63.0. The van der Waals surface area contributed by atoms with E-state index >= 15 is 0 Å². The molecule has 8 nitrogen and oxygen atoms in total. The van der Waals surface area contributed by atoms with Crippen LogP contribution in [0.5, 0.6) is 11.5 Å². The van der Waals surface area contributed by atoms with Crippen LogP contribution in [0.3, 0.4) is 0 Å². The minimum Gasteiger partial charge on any atom is -0.508 e. The maximum atomic E-state index is 11.2. The van der Waals surface area contributed by atoms with Gasteiger partial charge in [-0.2, -0.15) is 0 Å². The number of ether oxygens (including phenoxy) is 3. The lowest BCUT2D eigenvalue weighted by Gasteiger charge is -2.21. The van der Waals surface area contributed by atoms with Gasteiger partial charge >= 0.3 is 17.9 Å². The first-order chi connectivity index (χ1) is 29.1. The van der Waals surface area contributed by atoms with Crippen molar-refractivity contribution in [3.63, 3.8) is 0 Å². The van der Waals surface area contributed by atoms with Crippen LogP contribution in [0.15, 0.2) is 78.9 Å². The Morgan fingerprint density at radius 3 is 0.968 bits per heavy atom. The van der Waals surface area contributed by atoms with Crippen LogP contribution in [0.25, 0.3) is 0 Å². The molecule has 5 atom stereocenters. The minimum atomic E-state index is -0.347. The van der Waals surface area contributed by atoms with Crippen molar-refractivity contribution in [2.75, 3.05) is 7.11 Å². The van der Waals surface area contributed by atoms with E-state index in [9.17, 15) is 14.4 Å². The smallest absolute Gasteiger partial charge is 0.311 e. The number of rotatable bonds is 12. The van der Waals surface area contributed by atoms with E-state index in [-0.39, 0.29) is 46.4 Å². The summed E-state index contributed by atoms with van der Waals surface area (Å²) in [5.41, 5.74) is 3.04. The van der Waals surface area contributed by atoms with Crippen LogP contribution < -0.4 is 0 Å². The van der Waals surface area contributed by atoms with Gasteiger partial charge in [0.1, 0.15) is 22.7 Å². The summed E-state index contributed by atoms with van der Waals surface area (Å²) in [7, 11) is 1.42. The number of esters is 3. The molecule has 2 N–H and O–H groups in total. The molecule has 0 fully saturated rings. The summed E-state index contributed by atoms with van der Waals surface area (Å²) in [6.07, 6.45) is 6.02. The average Bonchev–Trinajstić information content (AvgIpc) is 3.25. The van der Waals surface area contributed by atoms with Gasteiger partial charge in [0.25, 0.3) is 0 Å². The van der Waals surface area contributed by atoms with Crippen LogP contribution >= 0.6 is 0 Å². The van der Waals surface area contributed by atoms with Gasteiger partial charge in [-0.25, -0.2) is 0 Å². The van der Waals surface area contributed by atoms with Crippen molar-refractivity contribution in [2.24, 2.45) is 17.3 Å². The van der Waals surface area contributed by atoms with Crippen molar-refractivity contribution in [3.8, 4) is 11.5 Å². The second kappa shape index (κ2) is 33.2. The molecule has 3 aromatic rings. The van der Waals surface area contributed by atoms with E-state index in [2.05, 4.69) is 76.6 Å². The molecule has 0 amide bonds. The van der Waals surface area contributed by atoms with Crippen molar-refractivity contribution in [3.05, 3.63) is 95.6 Å². The van der Waals surface area contributed by atoms with Gasteiger partial charge in [0.15, 0.2) is 0 Å². The first-order valence-electron chi connectivity index (χ1n) is 23.3. The van der Waals surface area contributed by atoms with E-state index in [4.69, 9.17) is 19.7 Å². The SMILES string of the molecule is CCC(C)(C)C(=O)OC.CCC(C)C(=O)OC(C)(C)C.CCC(C)C(=O)OC(C)(C)C.CCC(C)c1ccc(O)cc1.CCC(C)c1ccc(O)cc1.CCC(C)c1ccccc1. The van der Waals surface area contributed by atoms with Gasteiger partial charge in [0, 0.05) is 0 Å². The quantitative estimate of drug-likeness (QED) is 0.136. The molecule has 0 saturated heterocycles. The molecule has 0 bridgehead atoms. The predicted molar refractivity (Wildman–Crippen MR) is 265 cm³/mol. The third-order valence-corrected chi connectivity index (χ3v) is 10.6. The second-order valence-corrected chi connectivity index (χ2v) is 18.9. The molecule has 0 heterocycles. The minimum absolute atomic E-state index is 0.0224. The fraction of sp³-hybridized carbons (Fsp3) is 0.618. The number of benzene rings is 3. The highest BCUT2D eigenvalue weighted by molar-refractivity contribution is 5.75. The Balaban J connectivity index is -0.000000687. The van der Waals surface area contributed by atoms with E-state index in [1.807, 2.05) is 114 Å². The zero-order valence-corrected chi connectivity index (χ0v) is 43.5. The lowest BCUT2D eigenvalue weighted by molar-refractivity contribution is -0.160. The number of hydrogen-bond acceptors (Lipinski definition) is 8. The third-order valence-electron chi connectivity index (χ3n) is 10.6. The zero-order valence-electron chi connectivity index (χ0n) is 43.5. The Morgan fingerprint density at radius 2 is 0.762 bits per heavy atom. The largest absolute Gasteiger partial charge is 0.508 e. The molecule has 0 aliphatic carbocycles. The lowest BCUT2D eigenvalue weighted by Crippen LogP contribution is -2.27. The van der Waals surface area contributed by atoms with E-state index in [1.54, 1.807) is 24.3 Å². The Kier molecular flexibility index (Phi) is 33.2. The van der Waals surface area contributed by atoms with Crippen LogP contribution in [0.1, 0.15) is 205 Å². The molecule has 0 saturated carbocycles. The summed E-state index contributed by atoms with van der Waals surface area (Å²) in [5.74, 6) is 2.30. The first-order valence-corrected chi connectivity index (χ1v) is 23.3. The number of carbonyl (C=O) groups is 3. The molecule has 0 aliphatic rings. The zero-order chi connectivity index (χ0) is 49.6. The van der Waals surface area contributed by atoms with Crippen molar-refractivity contribution < 1.29 is 38.8 Å². The number of hydrogen-bond donors (Lipinski definition) is 2. The van der Waals surface area contributed by atoms with Crippen molar-refractivity contribution in [1.82, 2.24) is 0 Å². The number of methoxy groups -OCH3 is 1. The Morgan fingerprint density at radius 1 is 0.476 bits per heavy atom. The van der Waals surface area contributed by atoms with Crippen LogP contribution in [-0.2, 0) is 28.6 Å². The number of aromatic hydroxyl groups is 2. The third kappa shape index (κ3) is 32.1. The van der Waals surface area contributed by atoms with Gasteiger partial charge in [0.2, 0.25) is 0 Å². The predicted octanol–water partition coefficient (Wildman–Crippen LogP) is 15.4. The maximum Gasteiger partial charge on any atom is 0.311 e. The van der Waals surface area contributed by atoms with Crippen LogP contribution in [0, 0.1) is 17.3 Å². The fourth-order valence-corrected chi connectivity index (χ4v) is 4.65. The molecular formula is C55H92O8. The average molecular weight is 881 g/mol. The van der Waals surface area contributed by atoms with Gasteiger partial charge < -0.3 is 24.4 Å². The maximum absolute atomic E-state index is 11.2. The fourth-order valence-electron chi connectivity index (χ4n) is 4.65. The molecule has 0 radical (unpaired) electrons. The van der Waals surface area contributed by atoms with Crippen LogP contribution in [-0.4, -0.2) is 46.4 Å². The molecule has 0 aromatic heterocycles. The summed E-state index contributed by atoms with van der Waals surface area (Å²) in [4.78, 5) is 33.2. The number of phenolic OH excluding ortho intramolecular Hbond substituents is 2. The molecule has 0 spiro atoms. The summed E-state index contributed by atoms with van der Waals surface area (Å²) in [5, 5.41) is 18.0. The molecule has 5 unspecified atom stereocenters. The molecule has 0 aliphatic heterocycles. The summed E-state index contributed by atoms with van der Waals surface area (Å²) in [6, 6.07) is 25.5. The molecule has 63 heavy (non-hydrogen) atoms. The normalized spacial score (nSPS) is 13.1. The van der Waals surface area contributed by atoms with Crippen LogP contribution in [0.2, 0.25) is 0 Å². The molecule has 3 aromatic carbocycles. The lowest BCUT2D eigenvalue weighted by atomic mass is 9.91. The van der Waals surface area contributed by atoms with E-state index < -0.39 is 0 Å². The van der Waals surface area contributed by atoms with Gasteiger partial charge in [0.05, 0.1) is 24.4 Å². The molecule has 360 valence electrons. The highest BCUT2D eigenvalue weighted by atomic mass is 16.6. The van der Waals surface area contributed by atoms with Gasteiger partial charge in [-0.1, -0.05) is 131 Å². The van der Waals surface area contributed by atoms with Crippen molar-refractivity contribution in [1.29, 1.82) is 0 Å². The van der Waals surface area contributed by atoms with E-state index in [0.717, 1.165) is 32.1 Å². The number of phenols is 2. The Bertz CT molecular complexity index is 1510. The summed E-state index contributed by atoms with van der Waals surface area (Å²) >= 11 is 0. The highest BCUT2D eigenvalue weighted by Gasteiger charge is 2.25. The van der Waals surface area contributed by atoms with Gasteiger partial charge in [-0.3, -0.25) is 14.4 Å². The molecular weight excluding hydrogens is 789 g/mol. The van der Waals surface area contributed by atoms with Crippen molar-refractivity contribution in [2.45, 2.75) is 199 Å². The van der Waals surface area contributed by atoms with Gasteiger partial charge in [-0.05, 0) is 153 Å². The van der Waals surface area contributed by atoms with Crippen LogP contribution in [0.4, 0.5) is 0 Å². The number of carbonyl (C=O) groups excluding carboxylic acids is 3. The standard InChI is InChI=1S/2C10H14O.C10H14.2C9H18O2.C7H14O2/c2*1-3-8(2)9-4-6-10(11)7-5-9;1-3-9(2)10-7-5-4-6-8-10;2*1-6-7(2)8(10)11-9(3,4)5;1-5-7(2,3)6(8)9-4/h2*4-8,11H,3H2,1-2H3;4-9H,3H2,1-2H3;2*7H,6H2,1-5H3;5H2,1-4H3. The highest BCUT2D eigenvalue weighted by Crippen LogP contribution is 2.23. The summed E-state index contributed by atoms with van der Waals surface area (Å²) < 4.78 is 14.9. The molecule has 8 heteroatoms. The van der Waals surface area contributed by atoms with Gasteiger partial charge in [-0.15, -0.1) is 0 Å². The monoisotopic (exact) mass is 881 g/mol. The summed E-state index contributed by atoms with van der Waals surface area (Å²) in [6.45, 7) is 37.9. The topological polar surface area (TPSA) is 119 Å². The second-order valence-electron chi connectivity index (χ2n) is 18.9.